The van der Waals surface area contributed by atoms with Crippen molar-refractivity contribution < 1.29 is 9.59 Å². The van der Waals surface area contributed by atoms with Gasteiger partial charge in [0, 0.05) is 10.0 Å². The molecule has 0 aliphatic carbocycles. The van der Waals surface area contributed by atoms with Crippen molar-refractivity contribution in [1.82, 2.24) is 10.2 Å². The van der Waals surface area contributed by atoms with Crippen LogP contribution < -0.4 is 5.32 Å². The maximum absolute atomic E-state index is 11.9. The number of nitrogens with one attached hydrogen (secondary N) is 1. The first-order chi connectivity index (χ1) is 8.88. The van der Waals surface area contributed by atoms with Crippen LogP contribution in [0.15, 0.2) is 18.2 Å². The number of rotatable bonds is 3. The van der Waals surface area contributed by atoms with Gasteiger partial charge in [0.05, 0.1) is 6.54 Å². The second-order valence-corrected chi connectivity index (χ2v) is 5.55. The zero-order chi connectivity index (χ0) is 14.2. The van der Waals surface area contributed by atoms with E-state index in [1.54, 1.807) is 25.1 Å². The largest absolute Gasteiger partial charge is 0.325 e. The van der Waals surface area contributed by atoms with E-state index >= 15 is 0 Å². The number of nitrogens with zero attached hydrogens (tertiary/aromatic N) is 1. The number of hydrogen-bond donors (Lipinski definition) is 1. The molecule has 0 saturated carbocycles. The van der Waals surface area contributed by atoms with Crippen molar-refractivity contribution in [2.75, 3.05) is 0 Å². The highest BCUT2D eigenvalue weighted by atomic mass is 35.5. The predicted octanol–water partition coefficient (Wildman–Crippen LogP) is 3.21. The lowest BCUT2D eigenvalue weighted by Crippen LogP contribution is -2.46. The minimum absolute atomic E-state index is 0.251. The maximum Gasteiger partial charge on any atom is 0.325 e. The van der Waals surface area contributed by atoms with Crippen molar-refractivity contribution in [2.24, 2.45) is 0 Å². The van der Waals surface area contributed by atoms with Crippen LogP contribution in [0.25, 0.3) is 0 Å². The standard InChI is InChI=1S/C13H14Cl2N2O2/c1-3-13(2)11(18)16-12(19)17(13)7-8-6-9(14)4-5-10(8)15/h4-6H,3,7H2,1-2H3,(H,16,18,19). The molecule has 3 amide bonds. The summed E-state index contributed by atoms with van der Waals surface area (Å²) in [5, 5.41) is 3.40. The fraction of sp³-hybridized carbons (Fsp3) is 0.385. The van der Waals surface area contributed by atoms with Gasteiger partial charge in [-0.3, -0.25) is 10.1 Å². The molecule has 2 rings (SSSR count). The normalized spacial score (nSPS) is 22.8. The first kappa shape index (κ1) is 14.2. The van der Waals surface area contributed by atoms with Gasteiger partial charge in [0.2, 0.25) is 0 Å². The van der Waals surface area contributed by atoms with Crippen LogP contribution in [-0.4, -0.2) is 22.4 Å². The van der Waals surface area contributed by atoms with E-state index in [4.69, 9.17) is 23.2 Å². The van der Waals surface area contributed by atoms with Crippen molar-refractivity contribution in [1.29, 1.82) is 0 Å². The Kier molecular flexibility index (Phi) is 3.74. The van der Waals surface area contributed by atoms with E-state index in [1.807, 2.05) is 6.92 Å². The lowest BCUT2D eigenvalue weighted by molar-refractivity contribution is -0.126. The first-order valence-electron chi connectivity index (χ1n) is 5.95. The van der Waals surface area contributed by atoms with E-state index in [9.17, 15) is 9.59 Å². The van der Waals surface area contributed by atoms with Gasteiger partial charge in [-0.2, -0.15) is 0 Å². The molecule has 0 spiro atoms. The Labute approximate surface area is 121 Å². The van der Waals surface area contributed by atoms with E-state index in [1.165, 1.54) is 4.90 Å². The summed E-state index contributed by atoms with van der Waals surface area (Å²) in [5.74, 6) is -0.279. The average molecular weight is 301 g/mol. The van der Waals surface area contributed by atoms with Crippen LogP contribution in [0, 0.1) is 0 Å². The summed E-state index contributed by atoms with van der Waals surface area (Å²) in [7, 11) is 0. The summed E-state index contributed by atoms with van der Waals surface area (Å²) in [6.45, 7) is 3.86. The molecule has 0 bridgehead atoms. The van der Waals surface area contributed by atoms with Crippen molar-refractivity contribution >= 4 is 35.1 Å². The van der Waals surface area contributed by atoms with Gasteiger partial charge < -0.3 is 4.90 Å². The highest BCUT2D eigenvalue weighted by molar-refractivity contribution is 6.33. The quantitative estimate of drug-likeness (QED) is 0.872. The van der Waals surface area contributed by atoms with Crippen LogP contribution in [0.1, 0.15) is 25.8 Å². The Hall–Kier alpha value is -1.26. The summed E-state index contributed by atoms with van der Waals surface area (Å²) in [6, 6.07) is 4.67. The summed E-state index contributed by atoms with van der Waals surface area (Å²) in [6.07, 6.45) is 0.531. The average Bonchev–Trinajstić information content (AvgIpc) is 2.58. The number of hydrogen-bond acceptors (Lipinski definition) is 2. The van der Waals surface area contributed by atoms with Crippen molar-refractivity contribution in [3.8, 4) is 0 Å². The second-order valence-electron chi connectivity index (χ2n) is 4.71. The molecule has 1 fully saturated rings. The molecule has 1 saturated heterocycles. The minimum atomic E-state index is -0.845. The molecule has 102 valence electrons. The molecule has 1 aliphatic heterocycles. The van der Waals surface area contributed by atoms with E-state index < -0.39 is 11.6 Å². The molecule has 0 radical (unpaired) electrons. The first-order valence-corrected chi connectivity index (χ1v) is 6.71. The predicted molar refractivity (Wildman–Crippen MR) is 74.2 cm³/mol. The molecule has 19 heavy (non-hydrogen) atoms. The number of halogens is 2. The lowest BCUT2D eigenvalue weighted by atomic mass is 9.97. The molecule has 1 N–H and O–H groups in total. The van der Waals surface area contributed by atoms with Gasteiger partial charge in [-0.05, 0) is 37.1 Å². The number of imide groups is 1. The van der Waals surface area contributed by atoms with Gasteiger partial charge in [-0.1, -0.05) is 30.1 Å². The van der Waals surface area contributed by atoms with E-state index in [-0.39, 0.29) is 12.5 Å². The van der Waals surface area contributed by atoms with E-state index in [2.05, 4.69) is 5.32 Å². The van der Waals surface area contributed by atoms with Gasteiger partial charge >= 0.3 is 6.03 Å². The molecular formula is C13H14Cl2N2O2. The van der Waals surface area contributed by atoms with Gasteiger partial charge in [0.1, 0.15) is 5.54 Å². The number of urea groups is 1. The van der Waals surface area contributed by atoms with Gasteiger partial charge in [0.15, 0.2) is 0 Å². The molecule has 1 heterocycles. The third-order valence-electron chi connectivity index (χ3n) is 3.58. The van der Waals surface area contributed by atoms with Crippen molar-refractivity contribution in [3.63, 3.8) is 0 Å². The maximum atomic E-state index is 11.9. The highest BCUT2D eigenvalue weighted by Gasteiger charge is 2.47. The smallest absolute Gasteiger partial charge is 0.306 e. The molecule has 1 aromatic rings. The summed E-state index contributed by atoms with van der Waals surface area (Å²) >= 11 is 12.0. The molecular weight excluding hydrogens is 287 g/mol. The molecule has 1 aromatic carbocycles. The number of carbonyl (C=O) groups excluding carboxylic acids is 2. The van der Waals surface area contributed by atoms with Crippen LogP contribution in [0.5, 0.6) is 0 Å². The van der Waals surface area contributed by atoms with Crippen molar-refractivity contribution in [3.05, 3.63) is 33.8 Å². The van der Waals surface area contributed by atoms with E-state index in [0.29, 0.717) is 16.5 Å². The summed E-state index contributed by atoms with van der Waals surface area (Å²) in [5.41, 5.74) is -0.124. The summed E-state index contributed by atoms with van der Waals surface area (Å²) < 4.78 is 0. The van der Waals surface area contributed by atoms with Gasteiger partial charge in [-0.25, -0.2) is 4.79 Å². The lowest BCUT2D eigenvalue weighted by Gasteiger charge is -2.31. The second kappa shape index (κ2) is 5.02. The minimum Gasteiger partial charge on any atom is -0.306 e. The summed E-state index contributed by atoms with van der Waals surface area (Å²) in [4.78, 5) is 25.2. The monoisotopic (exact) mass is 300 g/mol. The van der Waals surface area contributed by atoms with Crippen LogP contribution in [-0.2, 0) is 11.3 Å². The Bertz CT molecular complexity index is 547. The topological polar surface area (TPSA) is 49.4 Å². The zero-order valence-corrected chi connectivity index (χ0v) is 12.2. The highest BCUT2D eigenvalue weighted by Crippen LogP contribution is 2.30. The molecule has 0 aromatic heterocycles. The molecule has 4 nitrogen and oxygen atoms in total. The number of amides is 3. The Morgan fingerprint density at radius 2 is 2.00 bits per heavy atom. The third kappa shape index (κ3) is 2.42. The van der Waals surface area contributed by atoms with Crippen LogP contribution >= 0.6 is 23.2 Å². The fourth-order valence-corrected chi connectivity index (χ4v) is 2.45. The molecule has 6 heteroatoms. The van der Waals surface area contributed by atoms with Crippen LogP contribution in [0.3, 0.4) is 0 Å². The Morgan fingerprint density at radius 3 is 2.63 bits per heavy atom. The van der Waals surface area contributed by atoms with Gasteiger partial charge in [0.25, 0.3) is 5.91 Å². The van der Waals surface area contributed by atoms with E-state index in [0.717, 1.165) is 5.56 Å². The van der Waals surface area contributed by atoms with Gasteiger partial charge in [-0.15, -0.1) is 0 Å². The SMILES string of the molecule is CCC1(C)C(=O)NC(=O)N1Cc1cc(Cl)ccc1Cl. The molecule has 1 unspecified atom stereocenters. The number of benzene rings is 1. The van der Waals surface area contributed by atoms with Crippen LogP contribution in [0.4, 0.5) is 4.79 Å². The number of carbonyl (C=O) groups is 2. The third-order valence-corrected chi connectivity index (χ3v) is 4.18. The van der Waals surface area contributed by atoms with Crippen LogP contribution in [0.2, 0.25) is 10.0 Å². The zero-order valence-electron chi connectivity index (χ0n) is 10.7. The Morgan fingerprint density at radius 1 is 1.32 bits per heavy atom. The Balaban J connectivity index is 2.34. The van der Waals surface area contributed by atoms with Crippen molar-refractivity contribution in [2.45, 2.75) is 32.4 Å². The molecule has 1 atom stereocenters. The molecule has 1 aliphatic rings. The fourth-order valence-electron chi connectivity index (χ4n) is 2.08.